The molecule has 0 saturated carbocycles. The van der Waals surface area contributed by atoms with E-state index in [4.69, 9.17) is 10.2 Å². The van der Waals surface area contributed by atoms with Crippen molar-refractivity contribution in [1.29, 1.82) is 0 Å². The van der Waals surface area contributed by atoms with Crippen LogP contribution in [-0.4, -0.2) is 35.4 Å². The molecule has 78 valence electrons. The molecule has 13 heavy (non-hydrogen) atoms. The number of hydrogen-bond acceptors (Lipinski definition) is 3. The molecule has 0 amide bonds. The summed E-state index contributed by atoms with van der Waals surface area (Å²) < 4.78 is 0. The smallest absolute Gasteiger partial charge is 0.306 e. The summed E-state index contributed by atoms with van der Waals surface area (Å²) in [5.74, 6) is -0.394. The fraction of sp³-hybridized carbons (Fsp3) is 0.889. The van der Waals surface area contributed by atoms with Crippen molar-refractivity contribution in [3.63, 3.8) is 0 Å². The lowest BCUT2D eigenvalue weighted by atomic mass is 10.1. The minimum Gasteiger partial charge on any atom is -0.481 e. The zero-order valence-electron chi connectivity index (χ0n) is 8.29. The maximum atomic E-state index is 10.2. The summed E-state index contributed by atoms with van der Waals surface area (Å²) in [6.45, 7) is 5.39. The van der Waals surface area contributed by atoms with E-state index in [1.807, 2.05) is 0 Å². The average Bonchev–Trinajstić information content (AvgIpc) is 2.02. The molecule has 0 aliphatic rings. The Morgan fingerprint density at radius 2 is 2.08 bits per heavy atom. The van der Waals surface area contributed by atoms with Crippen LogP contribution in [0.15, 0.2) is 0 Å². The van der Waals surface area contributed by atoms with Crippen LogP contribution in [0, 0.1) is 5.92 Å². The summed E-state index contributed by atoms with van der Waals surface area (Å²) in [5.41, 5.74) is 0. The summed E-state index contributed by atoms with van der Waals surface area (Å²) >= 11 is 0. The highest BCUT2D eigenvalue weighted by Crippen LogP contribution is 1.97. The molecular weight excluding hydrogens is 170 g/mol. The maximum absolute atomic E-state index is 10.2. The molecule has 0 aliphatic carbocycles. The van der Waals surface area contributed by atoms with Gasteiger partial charge in [0.05, 0.1) is 12.5 Å². The van der Waals surface area contributed by atoms with Gasteiger partial charge in [0.1, 0.15) is 0 Å². The Kier molecular flexibility index (Phi) is 6.54. The number of aliphatic carboxylic acids is 1. The number of hydrogen-bond donors (Lipinski definition) is 3. The normalized spacial score (nSPS) is 15.3. The van der Waals surface area contributed by atoms with Crippen molar-refractivity contribution in [2.45, 2.75) is 32.8 Å². The lowest BCUT2D eigenvalue weighted by molar-refractivity contribution is -0.139. The van der Waals surface area contributed by atoms with Gasteiger partial charge < -0.3 is 15.5 Å². The predicted octanol–water partition coefficient (Wildman–Crippen LogP) is 0.458. The van der Waals surface area contributed by atoms with E-state index in [2.05, 4.69) is 19.2 Å². The third-order valence-corrected chi connectivity index (χ3v) is 1.98. The van der Waals surface area contributed by atoms with Gasteiger partial charge in [-0.05, 0) is 12.5 Å². The van der Waals surface area contributed by atoms with E-state index < -0.39 is 12.1 Å². The van der Waals surface area contributed by atoms with Crippen molar-refractivity contribution in [2.75, 3.05) is 13.1 Å². The third kappa shape index (κ3) is 7.74. The van der Waals surface area contributed by atoms with Crippen LogP contribution in [0.1, 0.15) is 26.7 Å². The Labute approximate surface area is 79.0 Å². The van der Waals surface area contributed by atoms with Crippen LogP contribution < -0.4 is 5.32 Å². The molecule has 3 N–H and O–H groups in total. The van der Waals surface area contributed by atoms with Crippen molar-refractivity contribution in [1.82, 2.24) is 5.32 Å². The summed E-state index contributed by atoms with van der Waals surface area (Å²) in [4.78, 5) is 10.2. The van der Waals surface area contributed by atoms with Gasteiger partial charge in [-0.1, -0.05) is 20.3 Å². The van der Waals surface area contributed by atoms with Gasteiger partial charge in [0.25, 0.3) is 0 Å². The summed E-state index contributed by atoms with van der Waals surface area (Å²) in [6, 6.07) is 0. The van der Waals surface area contributed by atoms with Crippen molar-refractivity contribution in [2.24, 2.45) is 5.92 Å². The maximum Gasteiger partial charge on any atom is 0.306 e. The Hall–Kier alpha value is -0.610. The molecule has 0 bridgehead atoms. The molecule has 0 aromatic heterocycles. The van der Waals surface area contributed by atoms with Crippen LogP contribution in [-0.2, 0) is 4.79 Å². The highest BCUT2D eigenvalue weighted by molar-refractivity contribution is 5.67. The Morgan fingerprint density at radius 3 is 2.54 bits per heavy atom. The number of carbonyl (C=O) groups is 1. The quantitative estimate of drug-likeness (QED) is 0.544. The second-order valence-corrected chi connectivity index (χ2v) is 3.42. The van der Waals surface area contributed by atoms with Gasteiger partial charge >= 0.3 is 5.97 Å². The van der Waals surface area contributed by atoms with Gasteiger partial charge in [0, 0.05) is 6.54 Å². The van der Waals surface area contributed by atoms with Gasteiger partial charge in [-0.3, -0.25) is 4.79 Å². The predicted molar refractivity (Wildman–Crippen MR) is 50.6 cm³/mol. The van der Waals surface area contributed by atoms with Gasteiger partial charge in [-0.2, -0.15) is 0 Å². The first-order valence-corrected chi connectivity index (χ1v) is 4.66. The Balaban J connectivity index is 3.36. The second-order valence-electron chi connectivity index (χ2n) is 3.42. The van der Waals surface area contributed by atoms with Crippen LogP contribution in [0.3, 0.4) is 0 Å². The fourth-order valence-electron chi connectivity index (χ4n) is 0.914. The topological polar surface area (TPSA) is 69.6 Å². The number of carboxylic acids is 1. The zero-order chi connectivity index (χ0) is 10.3. The third-order valence-electron chi connectivity index (χ3n) is 1.98. The highest BCUT2D eigenvalue weighted by atomic mass is 16.4. The van der Waals surface area contributed by atoms with E-state index in [1.54, 1.807) is 0 Å². The first kappa shape index (κ1) is 12.4. The average molecular weight is 189 g/mol. The molecule has 2 unspecified atom stereocenters. The monoisotopic (exact) mass is 189 g/mol. The van der Waals surface area contributed by atoms with Gasteiger partial charge in [-0.25, -0.2) is 0 Å². The summed E-state index contributed by atoms with van der Waals surface area (Å²) in [6.07, 6.45) is 0.122. The number of rotatable bonds is 7. The van der Waals surface area contributed by atoms with E-state index >= 15 is 0 Å². The lowest BCUT2D eigenvalue weighted by Gasteiger charge is -2.12. The molecule has 0 aliphatic heterocycles. The van der Waals surface area contributed by atoms with Crippen molar-refractivity contribution >= 4 is 5.97 Å². The van der Waals surface area contributed by atoms with Crippen LogP contribution in [0.25, 0.3) is 0 Å². The molecule has 0 radical (unpaired) electrons. The first-order chi connectivity index (χ1) is 6.06. The fourth-order valence-corrected chi connectivity index (χ4v) is 0.914. The Bertz CT molecular complexity index is 150. The molecular formula is C9H19NO3. The van der Waals surface area contributed by atoms with Gasteiger partial charge in [-0.15, -0.1) is 0 Å². The van der Waals surface area contributed by atoms with Crippen LogP contribution in [0.4, 0.5) is 0 Å². The molecule has 0 rings (SSSR count). The van der Waals surface area contributed by atoms with E-state index in [0.29, 0.717) is 12.5 Å². The standard InChI is InChI=1S/C9H19NO3/c1-3-7(2)5-10-6-8(11)4-9(12)13/h7-8,10-11H,3-6H2,1-2H3,(H,12,13). The van der Waals surface area contributed by atoms with E-state index in [0.717, 1.165) is 13.0 Å². The number of nitrogens with one attached hydrogen (secondary N) is 1. The number of aliphatic hydroxyl groups excluding tert-OH is 1. The van der Waals surface area contributed by atoms with E-state index in [1.165, 1.54) is 0 Å². The molecule has 0 saturated heterocycles. The van der Waals surface area contributed by atoms with E-state index in [-0.39, 0.29) is 6.42 Å². The molecule has 0 aromatic rings. The summed E-state index contributed by atoms with van der Waals surface area (Å²) in [7, 11) is 0. The van der Waals surface area contributed by atoms with Crippen LogP contribution in [0.5, 0.6) is 0 Å². The zero-order valence-corrected chi connectivity index (χ0v) is 8.29. The number of carboxylic acid groups (broad SMARTS) is 1. The molecule has 4 heteroatoms. The SMILES string of the molecule is CCC(C)CNCC(O)CC(=O)O. The van der Waals surface area contributed by atoms with Gasteiger partial charge in [0.15, 0.2) is 0 Å². The molecule has 0 fully saturated rings. The van der Waals surface area contributed by atoms with Crippen molar-refractivity contribution in [3.8, 4) is 0 Å². The largest absolute Gasteiger partial charge is 0.481 e. The minimum absolute atomic E-state index is 0.187. The molecule has 0 spiro atoms. The van der Waals surface area contributed by atoms with Gasteiger partial charge in [0.2, 0.25) is 0 Å². The second kappa shape index (κ2) is 6.86. The summed E-state index contributed by atoms with van der Waals surface area (Å²) in [5, 5.41) is 20.5. The lowest BCUT2D eigenvalue weighted by Crippen LogP contribution is -2.31. The van der Waals surface area contributed by atoms with E-state index in [9.17, 15) is 4.79 Å². The minimum atomic E-state index is -0.960. The Morgan fingerprint density at radius 1 is 1.46 bits per heavy atom. The molecule has 0 aromatic carbocycles. The molecule has 2 atom stereocenters. The van der Waals surface area contributed by atoms with Crippen LogP contribution >= 0.6 is 0 Å². The number of aliphatic hydroxyl groups is 1. The molecule has 0 heterocycles. The van der Waals surface area contributed by atoms with Crippen molar-refractivity contribution in [3.05, 3.63) is 0 Å². The van der Waals surface area contributed by atoms with Crippen molar-refractivity contribution < 1.29 is 15.0 Å². The molecule has 4 nitrogen and oxygen atoms in total. The first-order valence-electron chi connectivity index (χ1n) is 4.66. The highest BCUT2D eigenvalue weighted by Gasteiger charge is 2.08. The van der Waals surface area contributed by atoms with Crippen LogP contribution in [0.2, 0.25) is 0 Å².